The number of hydrogen-bond acceptors (Lipinski definition) is 2. The molecule has 124 valence electrons. The zero-order valence-corrected chi connectivity index (χ0v) is 14.4. The van der Waals surface area contributed by atoms with Crippen LogP contribution in [0.15, 0.2) is 48.5 Å². The second kappa shape index (κ2) is 6.65. The van der Waals surface area contributed by atoms with Crippen molar-refractivity contribution in [2.75, 3.05) is 11.9 Å². The number of rotatable bonds is 2. The normalized spacial score (nSPS) is 17.2. The summed E-state index contributed by atoms with van der Waals surface area (Å²) in [6, 6.07) is 14.7. The van der Waals surface area contributed by atoms with Gasteiger partial charge in [-0.1, -0.05) is 55.8 Å². The Morgan fingerprint density at radius 2 is 1.92 bits per heavy atom. The SMILES string of the molecule is CC(C)C(=O)N1CC(=O)Nc2ccc(Cl)cc2[C@@H]1c1ccccc1. The fourth-order valence-electron chi connectivity index (χ4n) is 3.01. The summed E-state index contributed by atoms with van der Waals surface area (Å²) in [7, 11) is 0. The summed E-state index contributed by atoms with van der Waals surface area (Å²) in [6.45, 7) is 3.70. The average Bonchev–Trinajstić information content (AvgIpc) is 2.70. The van der Waals surface area contributed by atoms with E-state index < -0.39 is 0 Å². The van der Waals surface area contributed by atoms with E-state index in [9.17, 15) is 9.59 Å². The number of anilines is 1. The molecule has 0 aliphatic carbocycles. The Kier molecular flexibility index (Phi) is 4.58. The summed E-state index contributed by atoms with van der Waals surface area (Å²) in [5.41, 5.74) is 2.47. The van der Waals surface area contributed by atoms with Crippen LogP contribution in [0.2, 0.25) is 5.02 Å². The topological polar surface area (TPSA) is 49.4 Å². The minimum Gasteiger partial charge on any atom is -0.324 e. The largest absolute Gasteiger partial charge is 0.324 e. The monoisotopic (exact) mass is 342 g/mol. The molecule has 0 fully saturated rings. The molecule has 0 aromatic heterocycles. The molecule has 1 N–H and O–H groups in total. The van der Waals surface area contributed by atoms with Gasteiger partial charge in [0.15, 0.2) is 0 Å². The Morgan fingerprint density at radius 1 is 1.21 bits per heavy atom. The van der Waals surface area contributed by atoms with Crippen molar-refractivity contribution in [3.05, 3.63) is 64.7 Å². The average molecular weight is 343 g/mol. The van der Waals surface area contributed by atoms with E-state index in [2.05, 4.69) is 5.32 Å². The smallest absolute Gasteiger partial charge is 0.244 e. The van der Waals surface area contributed by atoms with Crippen LogP contribution in [-0.2, 0) is 9.59 Å². The molecule has 2 amide bonds. The third-order valence-electron chi connectivity index (χ3n) is 4.10. The van der Waals surface area contributed by atoms with Crippen LogP contribution in [0.1, 0.15) is 31.0 Å². The highest BCUT2D eigenvalue weighted by Crippen LogP contribution is 2.37. The fraction of sp³-hybridized carbons (Fsp3) is 0.263. The minimum atomic E-state index is -0.353. The lowest BCUT2D eigenvalue weighted by Gasteiger charge is -2.32. The highest BCUT2D eigenvalue weighted by Gasteiger charge is 2.34. The van der Waals surface area contributed by atoms with Crippen LogP contribution in [0.3, 0.4) is 0 Å². The Bertz CT molecular complexity index is 774. The van der Waals surface area contributed by atoms with E-state index in [-0.39, 0.29) is 30.3 Å². The van der Waals surface area contributed by atoms with Crippen molar-refractivity contribution < 1.29 is 9.59 Å². The van der Waals surface area contributed by atoms with Gasteiger partial charge in [-0.05, 0) is 23.8 Å². The van der Waals surface area contributed by atoms with E-state index in [1.165, 1.54) is 0 Å². The van der Waals surface area contributed by atoms with Crippen molar-refractivity contribution in [1.29, 1.82) is 0 Å². The summed E-state index contributed by atoms with van der Waals surface area (Å²) in [4.78, 5) is 26.7. The number of carbonyl (C=O) groups excluding carboxylic acids is 2. The molecular formula is C19H19ClN2O2. The lowest BCUT2D eigenvalue weighted by molar-refractivity contribution is -0.139. The molecule has 0 bridgehead atoms. The fourth-order valence-corrected chi connectivity index (χ4v) is 3.19. The standard InChI is InChI=1S/C19H19ClN2O2/c1-12(2)19(24)22-11-17(23)21-16-9-8-14(20)10-15(16)18(22)13-6-4-3-5-7-13/h3-10,12,18H,11H2,1-2H3,(H,21,23)/t18-/m0/s1. The van der Waals surface area contributed by atoms with E-state index in [4.69, 9.17) is 11.6 Å². The molecule has 24 heavy (non-hydrogen) atoms. The molecule has 0 radical (unpaired) electrons. The number of amides is 2. The number of benzene rings is 2. The van der Waals surface area contributed by atoms with Crippen LogP contribution in [0.25, 0.3) is 0 Å². The summed E-state index contributed by atoms with van der Waals surface area (Å²) >= 11 is 6.19. The van der Waals surface area contributed by atoms with Crippen molar-refractivity contribution in [2.45, 2.75) is 19.9 Å². The Balaban J connectivity index is 2.21. The van der Waals surface area contributed by atoms with Crippen molar-refractivity contribution in [3.63, 3.8) is 0 Å². The molecule has 2 aromatic carbocycles. The highest BCUT2D eigenvalue weighted by molar-refractivity contribution is 6.30. The van der Waals surface area contributed by atoms with Gasteiger partial charge in [0.1, 0.15) is 6.54 Å². The predicted octanol–water partition coefficient (Wildman–Crippen LogP) is 3.87. The first-order valence-corrected chi connectivity index (χ1v) is 8.30. The molecular weight excluding hydrogens is 324 g/mol. The molecule has 1 atom stereocenters. The van der Waals surface area contributed by atoms with Crippen LogP contribution >= 0.6 is 11.6 Å². The van der Waals surface area contributed by atoms with Crippen molar-refractivity contribution in [3.8, 4) is 0 Å². The molecule has 1 heterocycles. The van der Waals surface area contributed by atoms with Crippen LogP contribution in [0, 0.1) is 5.92 Å². The molecule has 4 nitrogen and oxygen atoms in total. The summed E-state index contributed by atoms with van der Waals surface area (Å²) < 4.78 is 0. The Labute approximate surface area is 146 Å². The molecule has 5 heteroatoms. The zero-order valence-electron chi connectivity index (χ0n) is 13.6. The van der Waals surface area contributed by atoms with E-state index in [0.29, 0.717) is 10.7 Å². The van der Waals surface area contributed by atoms with Gasteiger partial charge >= 0.3 is 0 Å². The Morgan fingerprint density at radius 3 is 2.58 bits per heavy atom. The molecule has 0 saturated heterocycles. The molecule has 3 rings (SSSR count). The van der Waals surface area contributed by atoms with Gasteiger partial charge in [0.2, 0.25) is 11.8 Å². The van der Waals surface area contributed by atoms with Crippen molar-refractivity contribution in [2.24, 2.45) is 5.92 Å². The first-order chi connectivity index (χ1) is 11.5. The summed E-state index contributed by atoms with van der Waals surface area (Å²) in [5, 5.41) is 3.45. The first kappa shape index (κ1) is 16.5. The van der Waals surface area contributed by atoms with Gasteiger partial charge < -0.3 is 10.2 Å². The highest BCUT2D eigenvalue weighted by atomic mass is 35.5. The zero-order chi connectivity index (χ0) is 17.3. The van der Waals surface area contributed by atoms with Gasteiger partial charge in [-0.15, -0.1) is 0 Å². The number of halogens is 1. The maximum atomic E-state index is 12.8. The predicted molar refractivity (Wildman–Crippen MR) is 94.9 cm³/mol. The van der Waals surface area contributed by atoms with E-state index in [1.54, 1.807) is 17.0 Å². The van der Waals surface area contributed by atoms with E-state index >= 15 is 0 Å². The molecule has 0 saturated carbocycles. The van der Waals surface area contributed by atoms with Crippen LogP contribution in [-0.4, -0.2) is 23.3 Å². The van der Waals surface area contributed by atoms with Crippen LogP contribution < -0.4 is 5.32 Å². The number of fused-ring (bicyclic) bond motifs is 1. The third-order valence-corrected chi connectivity index (χ3v) is 4.34. The number of nitrogens with zero attached hydrogens (tertiary/aromatic N) is 1. The van der Waals surface area contributed by atoms with E-state index in [0.717, 1.165) is 11.1 Å². The summed E-state index contributed by atoms with van der Waals surface area (Å²) in [5.74, 6) is -0.470. The van der Waals surface area contributed by atoms with Gasteiger partial charge in [-0.25, -0.2) is 0 Å². The Hall–Kier alpha value is -2.33. The van der Waals surface area contributed by atoms with E-state index in [1.807, 2.05) is 50.2 Å². The molecule has 2 aromatic rings. The second-order valence-corrected chi connectivity index (χ2v) is 6.65. The van der Waals surface area contributed by atoms with Crippen molar-refractivity contribution in [1.82, 2.24) is 4.90 Å². The van der Waals surface area contributed by atoms with Crippen LogP contribution in [0.4, 0.5) is 5.69 Å². The van der Waals surface area contributed by atoms with Gasteiger partial charge in [-0.3, -0.25) is 9.59 Å². The van der Waals surface area contributed by atoms with Gasteiger partial charge in [-0.2, -0.15) is 0 Å². The van der Waals surface area contributed by atoms with Crippen LogP contribution in [0.5, 0.6) is 0 Å². The molecule has 1 aliphatic heterocycles. The molecule has 0 unspecified atom stereocenters. The molecule has 0 spiro atoms. The lowest BCUT2D eigenvalue weighted by atomic mass is 9.95. The van der Waals surface area contributed by atoms with Gasteiger partial charge in [0.25, 0.3) is 0 Å². The lowest BCUT2D eigenvalue weighted by Crippen LogP contribution is -2.41. The maximum Gasteiger partial charge on any atom is 0.244 e. The second-order valence-electron chi connectivity index (χ2n) is 6.21. The number of hydrogen-bond donors (Lipinski definition) is 1. The van der Waals surface area contributed by atoms with Gasteiger partial charge in [0.05, 0.1) is 6.04 Å². The quantitative estimate of drug-likeness (QED) is 0.900. The minimum absolute atomic E-state index is 0.0167. The molecule has 1 aliphatic rings. The first-order valence-electron chi connectivity index (χ1n) is 7.92. The maximum absolute atomic E-state index is 12.8. The summed E-state index contributed by atoms with van der Waals surface area (Å²) in [6.07, 6.45) is 0. The third kappa shape index (κ3) is 3.15. The van der Waals surface area contributed by atoms with Crippen molar-refractivity contribution >= 4 is 29.1 Å². The number of carbonyl (C=O) groups is 2. The number of nitrogens with one attached hydrogen (secondary N) is 1. The van der Waals surface area contributed by atoms with Gasteiger partial charge in [0, 0.05) is 22.2 Å².